The van der Waals surface area contributed by atoms with Gasteiger partial charge < -0.3 is 43.7 Å². The minimum Gasteiger partial charge on any atom is -0.491 e. The van der Waals surface area contributed by atoms with Crippen LogP contribution in [0.2, 0.25) is 0 Å². The zero-order valence-electron chi connectivity index (χ0n) is 27.0. The fourth-order valence-electron chi connectivity index (χ4n) is 4.28. The van der Waals surface area contributed by atoms with Crippen LogP contribution in [0.15, 0.2) is 91.0 Å². The molecule has 0 saturated heterocycles. The number of aliphatic hydroxyl groups excluding tert-OH is 3. The Morgan fingerprint density at radius 3 is 1.72 bits per heavy atom. The van der Waals surface area contributed by atoms with Crippen LogP contribution in [0.3, 0.4) is 0 Å². The molecule has 0 aliphatic rings. The zero-order valence-corrected chi connectivity index (χ0v) is 27.0. The van der Waals surface area contributed by atoms with Crippen LogP contribution in [-0.2, 0) is 20.7 Å². The van der Waals surface area contributed by atoms with Gasteiger partial charge in [-0.3, -0.25) is 0 Å². The summed E-state index contributed by atoms with van der Waals surface area (Å²) in [4.78, 5) is 11.7. The third-order valence-electron chi connectivity index (χ3n) is 6.93. The van der Waals surface area contributed by atoms with Gasteiger partial charge in [0.15, 0.2) is 6.29 Å². The summed E-state index contributed by atoms with van der Waals surface area (Å²) >= 11 is 0. The number of carbonyl (C=O) groups is 1. The molecule has 0 saturated carbocycles. The molecule has 0 heterocycles. The van der Waals surface area contributed by atoms with Gasteiger partial charge in [-0.1, -0.05) is 69.3 Å². The Morgan fingerprint density at radius 1 is 0.681 bits per heavy atom. The SMILES string of the molecule is C=C(CO)C(=O)OCCOc1cc(OCCOc2ccc(-c3ccc(CCCCC)cc3)cc2)cc(OCCOC(O)C(=C)CO)c1. The predicted octanol–water partition coefficient (Wildman–Crippen LogP) is 5.28. The molecule has 3 rings (SSSR count). The second-order valence-corrected chi connectivity index (χ2v) is 10.6. The van der Waals surface area contributed by atoms with Crippen molar-refractivity contribution >= 4 is 5.97 Å². The number of unbranched alkanes of at least 4 members (excludes halogenated alkanes) is 2. The molecule has 254 valence electrons. The number of aryl methyl sites for hydroxylation is 1. The van der Waals surface area contributed by atoms with Crippen LogP contribution in [0, 0.1) is 0 Å². The molecular weight excluding hydrogens is 604 g/mol. The van der Waals surface area contributed by atoms with Crippen molar-refractivity contribution in [3.8, 4) is 34.1 Å². The maximum Gasteiger partial charge on any atom is 0.335 e. The average Bonchev–Trinajstić information content (AvgIpc) is 3.10. The summed E-state index contributed by atoms with van der Waals surface area (Å²) in [6.45, 7) is 8.90. The Hall–Kier alpha value is -4.35. The highest BCUT2D eigenvalue weighted by Gasteiger charge is 2.10. The number of esters is 1. The monoisotopic (exact) mass is 650 g/mol. The van der Waals surface area contributed by atoms with Crippen molar-refractivity contribution in [3.63, 3.8) is 0 Å². The minimum atomic E-state index is -1.30. The molecule has 0 spiro atoms. The van der Waals surface area contributed by atoms with Gasteiger partial charge in [0.05, 0.1) is 25.4 Å². The lowest BCUT2D eigenvalue weighted by Gasteiger charge is -2.15. The number of benzene rings is 3. The third kappa shape index (κ3) is 13.5. The van der Waals surface area contributed by atoms with Crippen LogP contribution < -0.4 is 18.9 Å². The lowest BCUT2D eigenvalue weighted by molar-refractivity contribution is -0.140. The van der Waals surface area contributed by atoms with Crippen LogP contribution >= 0.6 is 0 Å². The van der Waals surface area contributed by atoms with Crippen LogP contribution in [0.5, 0.6) is 23.0 Å². The maximum absolute atomic E-state index is 11.7. The molecule has 0 aromatic heterocycles. The highest BCUT2D eigenvalue weighted by molar-refractivity contribution is 5.87. The van der Waals surface area contributed by atoms with Gasteiger partial charge in [0.2, 0.25) is 0 Å². The van der Waals surface area contributed by atoms with E-state index in [0.717, 1.165) is 23.3 Å². The molecule has 0 aliphatic carbocycles. The molecule has 47 heavy (non-hydrogen) atoms. The van der Waals surface area contributed by atoms with Gasteiger partial charge in [0.25, 0.3) is 0 Å². The summed E-state index contributed by atoms with van der Waals surface area (Å²) in [6.07, 6.45) is 3.49. The molecule has 1 atom stereocenters. The first-order valence-electron chi connectivity index (χ1n) is 15.7. The molecule has 0 radical (unpaired) electrons. The summed E-state index contributed by atoms with van der Waals surface area (Å²) in [6, 6.07) is 21.6. The highest BCUT2D eigenvalue weighted by atomic mass is 16.6. The first-order chi connectivity index (χ1) is 22.8. The van der Waals surface area contributed by atoms with Crippen LogP contribution in [0.25, 0.3) is 11.1 Å². The molecule has 0 aliphatic heterocycles. The Labute approximate surface area is 276 Å². The Bertz CT molecular complexity index is 1390. The minimum absolute atomic E-state index is 0.0309. The van der Waals surface area contributed by atoms with Gasteiger partial charge in [-0.15, -0.1) is 0 Å². The van der Waals surface area contributed by atoms with E-state index in [-0.39, 0.29) is 50.8 Å². The number of carbonyl (C=O) groups excluding carboxylic acids is 1. The lowest BCUT2D eigenvalue weighted by atomic mass is 10.0. The largest absolute Gasteiger partial charge is 0.491 e. The Balaban J connectivity index is 1.52. The van der Waals surface area contributed by atoms with E-state index in [0.29, 0.717) is 17.2 Å². The standard InChI is InChI=1S/C37H46O10/c1-4-5-6-7-29-8-10-30(11-9-29)31-12-14-32(15-13-31)42-16-17-43-33-22-34(44-18-20-46-36(40)27(2)25-38)24-35(23-33)45-19-21-47-37(41)28(3)26-39/h8-15,22-24,36,38-40H,2-7,16-21,25-26H2,1H3. The summed E-state index contributed by atoms with van der Waals surface area (Å²) in [5.41, 5.74) is 3.72. The van der Waals surface area contributed by atoms with E-state index in [4.69, 9.17) is 38.6 Å². The second-order valence-electron chi connectivity index (χ2n) is 10.6. The van der Waals surface area contributed by atoms with Crippen LogP contribution in [-0.4, -0.2) is 80.4 Å². The molecule has 3 aromatic carbocycles. The van der Waals surface area contributed by atoms with E-state index in [1.165, 1.54) is 24.8 Å². The third-order valence-corrected chi connectivity index (χ3v) is 6.93. The smallest absolute Gasteiger partial charge is 0.335 e. The molecule has 10 nitrogen and oxygen atoms in total. The van der Waals surface area contributed by atoms with Crippen molar-refractivity contribution in [2.45, 2.75) is 38.9 Å². The first kappa shape index (κ1) is 37.1. The van der Waals surface area contributed by atoms with E-state index in [2.05, 4.69) is 44.3 Å². The van der Waals surface area contributed by atoms with E-state index < -0.39 is 25.5 Å². The average molecular weight is 651 g/mol. The van der Waals surface area contributed by atoms with Gasteiger partial charge in [0.1, 0.15) is 56.0 Å². The molecule has 0 bridgehead atoms. The number of aliphatic hydroxyl groups is 3. The quantitative estimate of drug-likeness (QED) is 0.0410. The molecule has 0 amide bonds. The number of ether oxygens (including phenoxy) is 6. The number of hydrogen-bond acceptors (Lipinski definition) is 10. The predicted molar refractivity (Wildman–Crippen MR) is 179 cm³/mol. The fraction of sp³-hybridized carbons (Fsp3) is 0.378. The Kier molecular flexibility index (Phi) is 16.4. The summed E-state index contributed by atoms with van der Waals surface area (Å²) in [5.74, 6) is 1.28. The highest BCUT2D eigenvalue weighted by Crippen LogP contribution is 2.28. The van der Waals surface area contributed by atoms with Crippen molar-refractivity contribution in [2.24, 2.45) is 0 Å². The van der Waals surface area contributed by atoms with Crippen molar-refractivity contribution in [1.29, 1.82) is 0 Å². The van der Waals surface area contributed by atoms with Crippen molar-refractivity contribution in [2.75, 3.05) is 52.9 Å². The van der Waals surface area contributed by atoms with Crippen molar-refractivity contribution in [3.05, 3.63) is 96.6 Å². The van der Waals surface area contributed by atoms with E-state index >= 15 is 0 Å². The van der Waals surface area contributed by atoms with E-state index in [1.807, 2.05) is 24.3 Å². The molecule has 10 heteroatoms. The lowest BCUT2D eigenvalue weighted by Crippen LogP contribution is -2.20. The second kappa shape index (κ2) is 20.7. The summed E-state index contributed by atoms with van der Waals surface area (Å²) in [5, 5.41) is 27.8. The summed E-state index contributed by atoms with van der Waals surface area (Å²) < 4.78 is 33.5. The van der Waals surface area contributed by atoms with Gasteiger partial charge >= 0.3 is 5.97 Å². The van der Waals surface area contributed by atoms with E-state index in [1.54, 1.807) is 18.2 Å². The maximum atomic E-state index is 11.7. The van der Waals surface area contributed by atoms with Crippen LogP contribution in [0.1, 0.15) is 31.7 Å². The topological polar surface area (TPSA) is 133 Å². The fourth-order valence-corrected chi connectivity index (χ4v) is 4.28. The molecule has 0 fully saturated rings. The molecule has 3 aromatic rings. The summed E-state index contributed by atoms with van der Waals surface area (Å²) in [7, 11) is 0. The van der Waals surface area contributed by atoms with Gasteiger partial charge in [-0.25, -0.2) is 4.79 Å². The van der Waals surface area contributed by atoms with Crippen LogP contribution in [0.4, 0.5) is 0 Å². The molecule has 3 N–H and O–H groups in total. The van der Waals surface area contributed by atoms with Gasteiger partial charge in [-0.2, -0.15) is 0 Å². The normalized spacial score (nSPS) is 11.4. The van der Waals surface area contributed by atoms with Crippen molar-refractivity contribution in [1.82, 2.24) is 0 Å². The van der Waals surface area contributed by atoms with E-state index in [9.17, 15) is 9.90 Å². The number of rotatable bonds is 23. The first-order valence-corrected chi connectivity index (χ1v) is 15.7. The number of hydrogen-bond donors (Lipinski definition) is 3. The molecule has 1 unspecified atom stereocenters. The van der Waals surface area contributed by atoms with Crippen molar-refractivity contribution < 1.29 is 48.5 Å². The zero-order chi connectivity index (χ0) is 33.9. The molecular formula is C37H46O10. The van der Waals surface area contributed by atoms with Gasteiger partial charge in [-0.05, 0) is 41.7 Å². The Morgan fingerprint density at radius 2 is 1.19 bits per heavy atom. The van der Waals surface area contributed by atoms with Gasteiger partial charge in [0, 0.05) is 23.8 Å².